The monoisotopic (exact) mass is 569 g/mol. The fourth-order valence-corrected chi connectivity index (χ4v) is 5.85. The highest BCUT2D eigenvalue weighted by Gasteiger charge is 2.33. The van der Waals surface area contributed by atoms with E-state index in [4.69, 9.17) is 11.6 Å². The number of aryl methyl sites for hydroxylation is 1. The van der Waals surface area contributed by atoms with Gasteiger partial charge in [-0.3, -0.25) is 13.9 Å². The first kappa shape index (κ1) is 30.2. The van der Waals surface area contributed by atoms with Crippen molar-refractivity contribution in [2.45, 2.75) is 58.0 Å². The quantitative estimate of drug-likeness (QED) is 0.292. The van der Waals surface area contributed by atoms with E-state index < -0.39 is 28.5 Å². The van der Waals surface area contributed by atoms with Crippen LogP contribution in [0.15, 0.2) is 77.7 Å². The summed E-state index contributed by atoms with van der Waals surface area (Å²) in [7, 11) is -4.14. The molecule has 3 rings (SSSR count). The molecule has 2 amide bonds. The predicted molar refractivity (Wildman–Crippen MR) is 156 cm³/mol. The van der Waals surface area contributed by atoms with E-state index in [2.05, 4.69) is 5.32 Å². The van der Waals surface area contributed by atoms with E-state index in [0.29, 0.717) is 22.8 Å². The van der Waals surface area contributed by atoms with Gasteiger partial charge in [0.05, 0.1) is 10.6 Å². The minimum atomic E-state index is -4.14. The van der Waals surface area contributed by atoms with Gasteiger partial charge < -0.3 is 10.2 Å². The summed E-state index contributed by atoms with van der Waals surface area (Å²) in [5, 5.41) is 3.28. The smallest absolute Gasteiger partial charge is 0.264 e. The summed E-state index contributed by atoms with van der Waals surface area (Å²) in [6.45, 7) is 7.50. The Bertz CT molecular complexity index is 1400. The molecular formula is C30H36ClN3O4S. The zero-order valence-corrected chi connectivity index (χ0v) is 24.4. The predicted octanol–water partition coefficient (Wildman–Crippen LogP) is 5.49. The molecule has 0 bridgehead atoms. The van der Waals surface area contributed by atoms with E-state index in [1.54, 1.807) is 50.2 Å². The van der Waals surface area contributed by atoms with Crippen LogP contribution in [0.5, 0.6) is 0 Å². The van der Waals surface area contributed by atoms with E-state index in [1.807, 2.05) is 38.1 Å². The Hall–Kier alpha value is -3.36. The van der Waals surface area contributed by atoms with Gasteiger partial charge >= 0.3 is 0 Å². The summed E-state index contributed by atoms with van der Waals surface area (Å²) in [5.41, 5.74) is 2.67. The van der Waals surface area contributed by atoms with Gasteiger partial charge in [0, 0.05) is 18.1 Å². The third-order valence-electron chi connectivity index (χ3n) is 6.72. The molecule has 0 radical (unpaired) electrons. The average molecular weight is 570 g/mol. The zero-order valence-electron chi connectivity index (χ0n) is 22.9. The molecule has 0 aliphatic rings. The Kier molecular flexibility index (Phi) is 10.5. The molecule has 1 atom stereocenters. The van der Waals surface area contributed by atoms with Crippen molar-refractivity contribution < 1.29 is 18.0 Å². The minimum Gasteiger partial charge on any atom is -0.354 e. The lowest BCUT2D eigenvalue weighted by atomic mass is 10.1. The lowest BCUT2D eigenvalue weighted by Crippen LogP contribution is -2.51. The van der Waals surface area contributed by atoms with Crippen LogP contribution in [0.4, 0.5) is 5.69 Å². The molecule has 0 aliphatic heterocycles. The molecule has 39 heavy (non-hydrogen) atoms. The van der Waals surface area contributed by atoms with Crippen molar-refractivity contribution in [2.75, 3.05) is 17.4 Å². The molecule has 0 spiro atoms. The highest BCUT2D eigenvalue weighted by atomic mass is 35.5. The van der Waals surface area contributed by atoms with Gasteiger partial charge in [0.25, 0.3) is 10.0 Å². The van der Waals surface area contributed by atoms with Gasteiger partial charge in [-0.25, -0.2) is 8.42 Å². The fraction of sp³-hybridized carbons (Fsp3) is 0.333. The number of nitrogens with zero attached hydrogens (tertiary/aromatic N) is 2. The fourth-order valence-electron chi connectivity index (χ4n) is 4.19. The normalized spacial score (nSPS) is 12.0. The lowest BCUT2D eigenvalue weighted by Gasteiger charge is -2.32. The Morgan fingerprint density at radius 2 is 1.62 bits per heavy atom. The molecule has 0 aliphatic carbocycles. The number of carbonyl (C=O) groups is 2. The number of carbonyl (C=O) groups excluding carboxylic acids is 2. The van der Waals surface area contributed by atoms with Crippen molar-refractivity contribution in [3.8, 4) is 0 Å². The van der Waals surface area contributed by atoms with Crippen LogP contribution < -0.4 is 9.62 Å². The van der Waals surface area contributed by atoms with E-state index in [9.17, 15) is 18.0 Å². The van der Waals surface area contributed by atoms with Crippen molar-refractivity contribution in [1.29, 1.82) is 0 Å². The Morgan fingerprint density at radius 3 is 2.28 bits per heavy atom. The van der Waals surface area contributed by atoms with Gasteiger partial charge in [-0.1, -0.05) is 73.5 Å². The number of nitrogens with one attached hydrogen (secondary N) is 1. The standard InChI is InChI=1S/C30H36ClN3O4S/c1-5-6-19-32-30(36)24(4)33(20-25-14-11-10-13-22(25)2)29(35)21-34(28-18-12-17-27(31)23(28)3)39(37,38)26-15-8-7-9-16-26/h7-18,24H,5-6,19-21H2,1-4H3,(H,32,36). The third kappa shape index (κ3) is 7.40. The van der Waals surface area contributed by atoms with Crippen LogP contribution in [0.25, 0.3) is 0 Å². The Labute approximate surface area is 236 Å². The van der Waals surface area contributed by atoms with Gasteiger partial charge in [-0.15, -0.1) is 0 Å². The molecular weight excluding hydrogens is 534 g/mol. The maximum atomic E-state index is 14.0. The molecule has 0 aromatic heterocycles. The number of rotatable bonds is 12. The number of unbranched alkanes of at least 4 members (excludes halogenated alkanes) is 1. The second kappa shape index (κ2) is 13.6. The summed E-state index contributed by atoms with van der Waals surface area (Å²) < 4.78 is 28.8. The molecule has 0 heterocycles. The van der Waals surface area contributed by atoms with Crippen molar-refractivity contribution in [2.24, 2.45) is 0 Å². The summed E-state index contributed by atoms with van der Waals surface area (Å²) in [6, 6.07) is 19.7. The highest BCUT2D eigenvalue weighted by Crippen LogP contribution is 2.31. The van der Waals surface area contributed by atoms with Crippen molar-refractivity contribution >= 4 is 39.1 Å². The first-order chi connectivity index (χ1) is 18.6. The van der Waals surface area contributed by atoms with Crippen molar-refractivity contribution in [1.82, 2.24) is 10.2 Å². The summed E-state index contributed by atoms with van der Waals surface area (Å²) in [4.78, 5) is 28.5. The lowest BCUT2D eigenvalue weighted by molar-refractivity contribution is -0.139. The van der Waals surface area contributed by atoms with Gasteiger partial charge in [-0.05, 0) is 68.1 Å². The number of sulfonamides is 1. The number of anilines is 1. The van der Waals surface area contributed by atoms with Gasteiger partial charge in [-0.2, -0.15) is 0 Å². The van der Waals surface area contributed by atoms with Gasteiger partial charge in [0.2, 0.25) is 11.8 Å². The first-order valence-electron chi connectivity index (χ1n) is 13.0. The largest absolute Gasteiger partial charge is 0.354 e. The van der Waals surface area contributed by atoms with Gasteiger partial charge in [0.1, 0.15) is 12.6 Å². The number of halogens is 1. The maximum absolute atomic E-state index is 14.0. The van der Waals surface area contributed by atoms with E-state index >= 15 is 0 Å². The van der Waals surface area contributed by atoms with Crippen LogP contribution in [0.1, 0.15) is 43.4 Å². The number of hydrogen-bond donors (Lipinski definition) is 1. The van der Waals surface area contributed by atoms with E-state index in [1.165, 1.54) is 17.0 Å². The van der Waals surface area contributed by atoms with Crippen LogP contribution in [-0.2, 0) is 26.2 Å². The van der Waals surface area contributed by atoms with Crippen molar-refractivity contribution in [3.63, 3.8) is 0 Å². The molecule has 0 saturated carbocycles. The molecule has 0 fully saturated rings. The molecule has 208 valence electrons. The van der Waals surface area contributed by atoms with E-state index in [0.717, 1.165) is 28.3 Å². The van der Waals surface area contributed by atoms with Crippen LogP contribution in [-0.4, -0.2) is 44.3 Å². The maximum Gasteiger partial charge on any atom is 0.264 e. The summed E-state index contributed by atoms with van der Waals surface area (Å²) in [5.74, 6) is -0.794. The summed E-state index contributed by atoms with van der Waals surface area (Å²) >= 11 is 6.36. The Morgan fingerprint density at radius 1 is 0.949 bits per heavy atom. The zero-order chi connectivity index (χ0) is 28.6. The van der Waals surface area contributed by atoms with Gasteiger partial charge in [0.15, 0.2) is 0 Å². The van der Waals surface area contributed by atoms with Crippen molar-refractivity contribution in [3.05, 3.63) is 94.5 Å². The number of benzene rings is 3. The van der Waals surface area contributed by atoms with Crippen LogP contribution >= 0.6 is 11.6 Å². The molecule has 1 unspecified atom stereocenters. The Balaban J connectivity index is 2.04. The van der Waals surface area contributed by atoms with E-state index in [-0.39, 0.29) is 17.3 Å². The van der Waals surface area contributed by atoms with Crippen LogP contribution in [0.2, 0.25) is 5.02 Å². The first-order valence-corrected chi connectivity index (χ1v) is 14.8. The topological polar surface area (TPSA) is 86.8 Å². The highest BCUT2D eigenvalue weighted by molar-refractivity contribution is 7.92. The molecule has 1 N–H and O–H groups in total. The number of amides is 2. The molecule has 9 heteroatoms. The molecule has 3 aromatic carbocycles. The minimum absolute atomic E-state index is 0.0491. The molecule has 0 saturated heterocycles. The van der Waals surface area contributed by atoms with Crippen LogP contribution in [0, 0.1) is 13.8 Å². The number of hydrogen-bond acceptors (Lipinski definition) is 4. The SMILES string of the molecule is CCCCNC(=O)C(C)N(Cc1ccccc1C)C(=O)CN(c1cccc(Cl)c1C)S(=O)(=O)c1ccccc1. The summed E-state index contributed by atoms with van der Waals surface area (Å²) in [6.07, 6.45) is 1.74. The second-order valence-electron chi connectivity index (χ2n) is 9.48. The molecule has 3 aromatic rings. The second-order valence-corrected chi connectivity index (χ2v) is 11.7. The van der Waals surface area contributed by atoms with Crippen LogP contribution in [0.3, 0.4) is 0 Å². The molecule has 7 nitrogen and oxygen atoms in total. The average Bonchev–Trinajstić information content (AvgIpc) is 2.93. The third-order valence-corrected chi connectivity index (χ3v) is 8.90.